The van der Waals surface area contributed by atoms with Crippen LogP contribution in [0, 0.1) is 0 Å². The van der Waals surface area contributed by atoms with Crippen LogP contribution in [0.2, 0.25) is 0 Å². The van der Waals surface area contributed by atoms with Crippen molar-refractivity contribution in [2.45, 2.75) is 28.7 Å². The molecular formula is C28H33F3N8O6S2. The summed E-state index contributed by atoms with van der Waals surface area (Å²) >= 11 is 0. The number of ether oxygens (including phenoxy) is 1. The van der Waals surface area contributed by atoms with Crippen LogP contribution < -0.4 is 19.7 Å². The third-order valence-electron chi connectivity index (χ3n) is 7.48. The summed E-state index contributed by atoms with van der Waals surface area (Å²) in [6, 6.07) is 12.9. The minimum Gasteiger partial charge on any atom is -0.454 e. The van der Waals surface area contributed by atoms with Crippen LogP contribution in [0.1, 0.15) is 23.2 Å². The molecule has 0 spiro atoms. The number of carbonyl (C=O) groups excluding carboxylic acids is 1. The molecule has 5 rings (SSSR count). The largest absolute Gasteiger partial charge is 0.454 e. The number of carbonyl (C=O) groups is 1. The van der Waals surface area contributed by atoms with Gasteiger partial charge in [0, 0.05) is 44.0 Å². The average Bonchev–Trinajstić information content (AvgIpc) is 3.81. The number of piperazine rings is 1. The highest BCUT2D eigenvalue weighted by Crippen LogP contribution is 2.43. The fourth-order valence-corrected chi connectivity index (χ4v) is 8.06. The van der Waals surface area contributed by atoms with Gasteiger partial charge in [-0.3, -0.25) is 4.79 Å². The van der Waals surface area contributed by atoms with E-state index in [4.69, 9.17) is 4.74 Å². The SMILES string of the molecule is CN(C)CC1(S(=O)(=O)NC(=O)c2ccc(Nc3nc(OCC(F)(F)F)nc(N4CCN(S(=O)(=O)c5ccccc5)CC4)n3)cc2)CC1. The van der Waals surface area contributed by atoms with Crippen LogP contribution >= 0.6 is 0 Å². The number of rotatable bonds is 12. The summed E-state index contributed by atoms with van der Waals surface area (Å²) in [5.41, 5.74) is 0.391. The first kappa shape index (κ1) is 34.3. The number of benzene rings is 2. The fraction of sp³-hybridized carbons (Fsp3) is 0.429. The smallest absolute Gasteiger partial charge is 0.422 e. The van der Waals surface area contributed by atoms with Gasteiger partial charge in [0.25, 0.3) is 5.91 Å². The van der Waals surface area contributed by atoms with Crippen molar-refractivity contribution in [2.24, 2.45) is 0 Å². The lowest BCUT2D eigenvalue weighted by molar-refractivity contribution is -0.154. The van der Waals surface area contributed by atoms with Gasteiger partial charge < -0.3 is 19.9 Å². The molecule has 2 heterocycles. The molecule has 14 nitrogen and oxygen atoms in total. The first-order valence-corrected chi connectivity index (χ1v) is 17.3. The molecule has 47 heavy (non-hydrogen) atoms. The first-order chi connectivity index (χ1) is 22.1. The maximum Gasteiger partial charge on any atom is 0.422 e. The van der Waals surface area contributed by atoms with Crippen LogP contribution in [0.15, 0.2) is 59.5 Å². The summed E-state index contributed by atoms with van der Waals surface area (Å²) in [7, 11) is -4.17. The second kappa shape index (κ2) is 13.2. The monoisotopic (exact) mass is 698 g/mol. The molecule has 19 heteroatoms. The van der Waals surface area contributed by atoms with E-state index in [1.54, 1.807) is 42.1 Å². The number of anilines is 3. The molecule has 254 valence electrons. The summed E-state index contributed by atoms with van der Waals surface area (Å²) in [6.45, 7) is -0.960. The lowest BCUT2D eigenvalue weighted by Gasteiger charge is -2.34. The van der Waals surface area contributed by atoms with Crippen molar-refractivity contribution in [3.63, 3.8) is 0 Å². The quantitative estimate of drug-likeness (QED) is 0.284. The molecule has 1 aromatic heterocycles. The van der Waals surface area contributed by atoms with E-state index in [9.17, 15) is 34.8 Å². The second-order valence-corrected chi connectivity index (χ2v) is 15.4. The number of halogens is 3. The Balaban J connectivity index is 1.29. The van der Waals surface area contributed by atoms with Crippen LogP contribution in [-0.4, -0.2) is 111 Å². The molecule has 0 radical (unpaired) electrons. The molecule has 1 aliphatic heterocycles. The van der Waals surface area contributed by atoms with E-state index in [0.717, 1.165) is 0 Å². The van der Waals surface area contributed by atoms with Crippen molar-refractivity contribution >= 4 is 43.5 Å². The normalized spacial score (nSPS) is 16.9. The van der Waals surface area contributed by atoms with Gasteiger partial charge in [0.2, 0.25) is 31.9 Å². The molecule has 0 bridgehead atoms. The molecule has 1 saturated carbocycles. The van der Waals surface area contributed by atoms with Gasteiger partial charge in [-0.25, -0.2) is 21.6 Å². The van der Waals surface area contributed by atoms with E-state index in [0.29, 0.717) is 18.5 Å². The molecule has 1 aliphatic carbocycles. The van der Waals surface area contributed by atoms with E-state index in [1.165, 1.54) is 40.7 Å². The number of nitrogens with zero attached hydrogens (tertiary/aromatic N) is 6. The molecular weight excluding hydrogens is 665 g/mol. The molecule has 1 amide bonds. The Kier molecular flexibility index (Phi) is 9.63. The van der Waals surface area contributed by atoms with Crippen LogP contribution in [-0.2, 0) is 20.0 Å². The third-order valence-corrected chi connectivity index (χ3v) is 11.5. The van der Waals surface area contributed by atoms with Gasteiger partial charge in [-0.15, -0.1) is 0 Å². The van der Waals surface area contributed by atoms with Crippen LogP contribution in [0.25, 0.3) is 0 Å². The third kappa shape index (κ3) is 8.27. The van der Waals surface area contributed by atoms with Crippen LogP contribution in [0.4, 0.5) is 30.8 Å². The van der Waals surface area contributed by atoms with Gasteiger partial charge >= 0.3 is 12.2 Å². The number of nitrogens with one attached hydrogen (secondary N) is 2. The molecule has 3 aromatic rings. The zero-order valence-electron chi connectivity index (χ0n) is 25.4. The van der Waals surface area contributed by atoms with Gasteiger partial charge in [-0.05, 0) is 63.3 Å². The molecule has 2 aromatic carbocycles. The Bertz CT molecular complexity index is 1800. The second-order valence-electron chi connectivity index (χ2n) is 11.4. The zero-order chi connectivity index (χ0) is 34.0. The van der Waals surface area contributed by atoms with E-state index in [-0.39, 0.29) is 55.1 Å². The fourth-order valence-electron chi connectivity index (χ4n) is 4.97. The zero-order valence-corrected chi connectivity index (χ0v) is 27.1. The summed E-state index contributed by atoms with van der Waals surface area (Å²) < 4.78 is 97.7. The van der Waals surface area contributed by atoms with Crippen LogP contribution in [0.5, 0.6) is 6.01 Å². The molecule has 2 N–H and O–H groups in total. The molecule has 0 atom stereocenters. The van der Waals surface area contributed by atoms with Crippen molar-refractivity contribution in [3.05, 3.63) is 60.2 Å². The number of hydrogen-bond acceptors (Lipinski definition) is 12. The van der Waals surface area contributed by atoms with Crippen molar-refractivity contribution in [1.82, 2.24) is 28.9 Å². The number of aromatic nitrogens is 3. The molecule has 0 unspecified atom stereocenters. The predicted octanol–water partition coefficient (Wildman–Crippen LogP) is 2.22. The van der Waals surface area contributed by atoms with Crippen molar-refractivity contribution in [3.8, 4) is 6.01 Å². The highest BCUT2D eigenvalue weighted by molar-refractivity contribution is 7.91. The Morgan fingerprint density at radius 2 is 1.57 bits per heavy atom. The van der Waals surface area contributed by atoms with Crippen molar-refractivity contribution in [2.75, 3.05) is 63.6 Å². The van der Waals surface area contributed by atoms with E-state index in [2.05, 4.69) is 25.0 Å². The number of hydrogen-bond donors (Lipinski definition) is 2. The Morgan fingerprint density at radius 3 is 2.15 bits per heavy atom. The lowest BCUT2D eigenvalue weighted by Crippen LogP contribution is -2.49. The first-order valence-electron chi connectivity index (χ1n) is 14.4. The highest BCUT2D eigenvalue weighted by Gasteiger charge is 2.55. The van der Waals surface area contributed by atoms with Gasteiger partial charge in [0.05, 0.1) is 4.90 Å². The molecule has 1 saturated heterocycles. The topological polar surface area (TPSA) is 167 Å². The maximum atomic E-state index is 13.0. The number of sulfonamides is 2. The summed E-state index contributed by atoms with van der Waals surface area (Å²) in [6.07, 6.45) is -3.77. The standard InChI is InChI=1S/C28H33F3N8O6S2/c1-37(2)18-27(12-13-27)47(43,44)36-23(40)20-8-10-21(11-9-20)32-24-33-25(35-26(34-24)45-19-28(29,30)31)38-14-16-39(17-15-38)46(41,42)22-6-4-3-5-7-22/h3-11H,12-19H2,1-2H3,(H,36,40)(H,32,33,34,35). The van der Waals surface area contributed by atoms with E-state index in [1.807, 2.05) is 0 Å². The van der Waals surface area contributed by atoms with E-state index >= 15 is 0 Å². The minimum absolute atomic E-state index is 0.0376. The highest BCUT2D eigenvalue weighted by atomic mass is 32.2. The van der Waals surface area contributed by atoms with Crippen LogP contribution in [0.3, 0.4) is 0 Å². The number of amides is 1. The predicted molar refractivity (Wildman–Crippen MR) is 165 cm³/mol. The summed E-state index contributed by atoms with van der Waals surface area (Å²) in [4.78, 5) is 28.5. The minimum atomic E-state index is -4.66. The van der Waals surface area contributed by atoms with Gasteiger partial charge in [-0.1, -0.05) is 18.2 Å². The number of alkyl halides is 3. The Morgan fingerprint density at radius 1 is 0.936 bits per heavy atom. The molecule has 2 aliphatic rings. The maximum absolute atomic E-state index is 13.0. The summed E-state index contributed by atoms with van der Waals surface area (Å²) in [5.74, 6) is -1.02. The van der Waals surface area contributed by atoms with E-state index < -0.39 is 49.5 Å². The summed E-state index contributed by atoms with van der Waals surface area (Å²) in [5, 5.41) is 2.83. The lowest BCUT2D eigenvalue weighted by atomic mass is 10.2. The van der Waals surface area contributed by atoms with Gasteiger partial charge in [-0.2, -0.15) is 32.4 Å². The Labute approximate surface area is 270 Å². The van der Waals surface area contributed by atoms with Crippen molar-refractivity contribution < 1.29 is 39.5 Å². The molecule has 2 fully saturated rings. The van der Waals surface area contributed by atoms with Crippen molar-refractivity contribution in [1.29, 1.82) is 0 Å². The van der Waals surface area contributed by atoms with Gasteiger partial charge in [0.15, 0.2) is 6.61 Å². The van der Waals surface area contributed by atoms with Gasteiger partial charge in [0.1, 0.15) is 4.75 Å². The average molecular weight is 699 g/mol. The Hall–Kier alpha value is -4.07.